The third-order valence-corrected chi connectivity index (χ3v) is 4.03. The normalized spacial score (nSPS) is 17.6. The summed E-state index contributed by atoms with van der Waals surface area (Å²) in [4.78, 5) is 2.31. The van der Waals surface area contributed by atoms with Crippen molar-refractivity contribution in [3.05, 3.63) is 47.7 Å². The summed E-state index contributed by atoms with van der Waals surface area (Å²) >= 11 is 0. The van der Waals surface area contributed by atoms with E-state index in [9.17, 15) is 0 Å². The lowest BCUT2D eigenvalue weighted by Gasteiger charge is -2.35. The highest BCUT2D eigenvalue weighted by atomic mass is 15.3. The summed E-state index contributed by atoms with van der Waals surface area (Å²) in [6.45, 7) is 6.06. The van der Waals surface area contributed by atoms with Gasteiger partial charge in [0, 0.05) is 18.3 Å². The molecule has 2 heterocycles. The van der Waals surface area contributed by atoms with Crippen molar-refractivity contribution in [2.24, 2.45) is 0 Å². The summed E-state index contributed by atoms with van der Waals surface area (Å²) in [5, 5.41) is 12.1. The first-order chi connectivity index (χ1) is 10.3. The minimum Gasteiger partial charge on any atom is -0.322 e. The summed E-state index contributed by atoms with van der Waals surface area (Å²) in [5.41, 5.74) is 3.65. The van der Waals surface area contributed by atoms with Gasteiger partial charge in [0.25, 0.3) is 0 Å². The first kappa shape index (κ1) is 14.0. The number of rotatable bonds is 4. The molecule has 1 aliphatic rings. The van der Waals surface area contributed by atoms with Gasteiger partial charge in [-0.15, -0.1) is 5.10 Å². The second-order valence-corrected chi connectivity index (χ2v) is 5.55. The molecule has 2 aromatic rings. The first-order valence-corrected chi connectivity index (χ1v) is 7.70. The van der Waals surface area contributed by atoms with Gasteiger partial charge in [0.05, 0.1) is 5.69 Å². The molecule has 21 heavy (non-hydrogen) atoms. The minimum absolute atomic E-state index is 0.453. The van der Waals surface area contributed by atoms with Crippen LogP contribution in [0.4, 0.5) is 11.5 Å². The lowest BCUT2D eigenvalue weighted by Crippen LogP contribution is -2.34. The van der Waals surface area contributed by atoms with Gasteiger partial charge in [-0.25, -0.2) is 0 Å². The number of aryl methyl sites for hydroxylation is 1. The van der Waals surface area contributed by atoms with Gasteiger partial charge in [-0.3, -0.25) is 0 Å². The second-order valence-electron chi connectivity index (χ2n) is 5.55. The Kier molecular flexibility index (Phi) is 4.15. The summed E-state index contributed by atoms with van der Waals surface area (Å²) in [6, 6.07) is 13.2. The fraction of sp³-hybridized carbons (Fsp3) is 0.412. The molecule has 1 atom stereocenters. The molecule has 110 valence electrons. The SMILES string of the molecule is CCNCc1ccc(N2c3ccccc3CCC2C)nn1. The summed E-state index contributed by atoms with van der Waals surface area (Å²) < 4.78 is 0. The third-order valence-electron chi connectivity index (χ3n) is 4.03. The molecular formula is C17H22N4. The standard InChI is InChI=1S/C17H22N4/c1-3-18-12-15-10-11-17(20-19-15)21-13(2)8-9-14-6-4-5-7-16(14)21/h4-7,10-11,13,18H,3,8-9,12H2,1-2H3. The highest BCUT2D eigenvalue weighted by Gasteiger charge is 2.25. The molecule has 1 N–H and O–H groups in total. The average molecular weight is 282 g/mol. The van der Waals surface area contributed by atoms with Gasteiger partial charge in [0.15, 0.2) is 5.82 Å². The first-order valence-electron chi connectivity index (χ1n) is 7.70. The molecule has 0 saturated carbocycles. The van der Waals surface area contributed by atoms with Crippen LogP contribution in [0.15, 0.2) is 36.4 Å². The largest absolute Gasteiger partial charge is 0.322 e. The highest BCUT2D eigenvalue weighted by Crippen LogP contribution is 2.35. The molecule has 4 nitrogen and oxygen atoms in total. The van der Waals surface area contributed by atoms with E-state index in [0.29, 0.717) is 6.04 Å². The number of nitrogens with one attached hydrogen (secondary N) is 1. The predicted molar refractivity (Wildman–Crippen MR) is 85.8 cm³/mol. The van der Waals surface area contributed by atoms with Crippen LogP contribution in [-0.2, 0) is 13.0 Å². The molecule has 0 aliphatic carbocycles. The van der Waals surface area contributed by atoms with Crippen LogP contribution in [0.25, 0.3) is 0 Å². The Morgan fingerprint density at radius 3 is 2.81 bits per heavy atom. The number of para-hydroxylation sites is 1. The molecule has 0 radical (unpaired) electrons. The van der Waals surface area contributed by atoms with Crippen LogP contribution < -0.4 is 10.2 Å². The van der Waals surface area contributed by atoms with Gasteiger partial charge in [0.1, 0.15) is 0 Å². The van der Waals surface area contributed by atoms with Crippen LogP contribution in [0.1, 0.15) is 31.5 Å². The van der Waals surface area contributed by atoms with Gasteiger partial charge in [-0.1, -0.05) is 25.1 Å². The van der Waals surface area contributed by atoms with Gasteiger partial charge in [0.2, 0.25) is 0 Å². The van der Waals surface area contributed by atoms with E-state index in [1.807, 2.05) is 0 Å². The fourth-order valence-corrected chi connectivity index (χ4v) is 2.87. The summed E-state index contributed by atoms with van der Waals surface area (Å²) in [6.07, 6.45) is 2.29. The van der Waals surface area contributed by atoms with E-state index in [4.69, 9.17) is 0 Å². The maximum absolute atomic E-state index is 4.44. The van der Waals surface area contributed by atoms with Crippen molar-refractivity contribution >= 4 is 11.5 Å². The van der Waals surface area contributed by atoms with Gasteiger partial charge in [-0.05, 0) is 50.1 Å². The van der Waals surface area contributed by atoms with Crippen LogP contribution in [-0.4, -0.2) is 22.8 Å². The number of anilines is 2. The van der Waals surface area contributed by atoms with Crippen molar-refractivity contribution in [3.63, 3.8) is 0 Å². The van der Waals surface area contributed by atoms with Gasteiger partial charge in [-0.2, -0.15) is 5.10 Å². The number of hydrogen-bond acceptors (Lipinski definition) is 4. The Hall–Kier alpha value is -1.94. The van der Waals surface area contributed by atoms with Crippen molar-refractivity contribution in [2.45, 2.75) is 39.3 Å². The molecule has 1 aromatic carbocycles. The Labute approximate surface area is 126 Å². The molecule has 0 saturated heterocycles. The topological polar surface area (TPSA) is 41.0 Å². The van der Waals surface area contributed by atoms with Gasteiger partial charge < -0.3 is 10.2 Å². The van der Waals surface area contributed by atoms with E-state index in [2.05, 4.69) is 70.7 Å². The van der Waals surface area contributed by atoms with E-state index in [0.717, 1.165) is 37.4 Å². The zero-order valence-electron chi connectivity index (χ0n) is 12.7. The minimum atomic E-state index is 0.453. The number of benzene rings is 1. The van der Waals surface area contributed by atoms with Crippen molar-refractivity contribution in [1.82, 2.24) is 15.5 Å². The Morgan fingerprint density at radius 1 is 1.19 bits per heavy atom. The lowest BCUT2D eigenvalue weighted by molar-refractivity contribution is 0.608. The third kappa shape index (κ3) is 2.90. The van der Waals surface area contributed by atoms with E-state index in [-0.39, 0.29) is 0 Å². The lowest BCUT2D eigenvalue weighted by atomic mass is 9.97. The molecule has 1 unspecified atom stereocenters. The smallest absolute Gasteiger partial charge is 0.155 e. The Morgan fingerprint density at radius 2 is 2.05 bits per heavy atom. The van der Waals surface area contributed by atoms with E-state index < -0.39 is 0 Å². The van der Waals surface area contributed by atoms with Crippen LogP contribution in [0, 0.1) is 0 Å². The molecule has 0 amide bonds. The fourth-order valence-electron chi connectivity index (χ4n) is 2.87. The number of fused-ring (bicyclic) bond motifs is 1. The molecule has 1 aromatic heterocycles. The van der Waals surface area contributed by atoms with Crippen LogP contribution in [0.5, 0.6) is 0 Å². The molecule has 3 rings (SSSR count). The quantitative estimate of drug-likeness (QED) is 0.935. The van der Waals surface area contributed by atoms with Gasteiger partial charge >= 0.3 is 0 Å². The van der Waals surface area contributed by atoms with Crippen LogP contribution in [0.3, 0.4) is 0 Å². The number of aromatic nitrogens is 2. The molecule has 0 bridgehead atoms. The van der Waals surface area contributed by atoms with Crippen molar-refractivity contribution < 1.29 is 0 Å². The maximum Gasteiger partial charge on any atom is 0.155 e. The van der Waals surface area contributed by atoms with E-state index in [1.54, 1.807) is 0 Å². The zero-order chi connectivity index (χ0) is 14.7. The Bertz CT molecular complexity index is 594. The molecule has 4 heteroatoms. The molecule has 0 spiro atoms. The van der Waals surface area contributed by atoms with Crippen LogP contribution >= 0.6 is 0 Å². The highest BCUT2D eigenvalue weighted by molar-refractivity contribution is 5.66. The number of hydrogen-bond donors (Lipinski definition) is 1. The van der Waals surface area contributed by atoms with E-state index >= 15 is 0 Å². The maximum atomic E-state index is 4.44. The Balaban J connectivity index is 1.89. The van der Waals surface area contributed by atoms with Crippen molar-refractivity contribution in [1.29, 1.82) is 0 Å². The summed E-state index contributed by atoms with van der Waals surface area (Å²) in [7, 11) is 0. The second kappa shape index (κ2) is 6.22. The monoisotopic (exact) mass is 282 g/mol. The van der Waals surface area contributed by atoms with Crippen molar-refractivity contribution in [3.8, 4) is 0 Å². The van der Waals surface area contributed by atoms with Crippen LogP contribution in [0.2, 0.25) is 0 Å². The average Bonchev–Trinajstić information content (AvgIpc) is 2.53. The zero-order valence-corrected chi connectivity index (χ0v) is 12.7. The molecular weight excluding hydrogens is 260 g/mol. The number of nitrogens with zero attached hydrogens (tertiary/aromatic N) is 3. The van der Waals surface area contributed by atoms with Crippen molar-refractivity contribution in [2.75, 3.05) is 11.4 Å². The summed E-state index contributed by atoms with van der Waals surface area (Å²) in [5.74, 6) is 0.940. The molecule has 1 aliphatic heterocycles. The van der Waals surface area contributed by atoms with E-state index in [1.165, 1.54) is 11.3 Å². The molecule has 0 fully saturated rings. The predicted octanol–water partition coefficient (Wildman–Crippen LogP) is 3.06.